The molecular weight excluding hydrogens is 257 g/mol. The van der Waals surface area contributed by atoms with Crippen LogP contribution in [-0.2, 0) is 11.2 Å². The molecule has 6 heteroatoms. The van der Waals surface area contributed by atoms with Crippen LogP contribution >= 0.6 is 11.3 Å². The van der Waals surface area contributed by atoms with E-state index in [0.29, 0.717) is 5.56 Å². The summed E-state index contributed by atoms with van der Waals surface area (Å²) in [5, 5.41) is 9.72. The monoisotopic (exact) mass is 267 g/mol. The smallest absolute Gasteiger partial charge is 0.345 e. The standard InChI is InChI=1S/C12H10FNO3S/c1-14(13)11(15)5-7-2-3-8-6-10(12(16)17)18-9(8)4-7/h2-4,6H,5H2,1H3,(H,16,17). The minimum atomic E-state index is -0.975. The average Bonchev–Trinajstić information content (AvgIpc) is 2.71. The maximum absolute atomic E-state index is 12.6. The molecule has 1 aromatic carbocycles. The average molecular weight is 267 g/mol. The maximum atomic E-state index is 12.6. The number of thiophene rings is 1. The van der Waals surface area contributed by atoms with Gasteiger partial charge in [-0.25, -0.2) is 4.79 Å². The van der Waals surface area contributed by atoms with Crippen LogP contribution in [-0.4, -0.2) is 29.2 Å². The number of carbonyl (C=O) groups is 2. The van der Waals surface area contributed by atoms with Crippen LogP contribution in [0.3, 0.4) is 0 Å². The largest absolute Gasteiger partial charge is 0.477 e. The van der Waals surface area contributed by atoms with Crippen molar-refractivity contribution in [2.24, 2.45) is 0 Å². The van der Waals surface area contributed by atoms with E-state index in [1.165, 1.54) is 0 Å². The highest BCUT2D eigenvalue weighted by molar-refractivity contribution is 7.20. The number of benzene rings is 1. The highest BCUT2D eigenvalue weighted by Crippen LogP contribution is 2.26. The van der Waals surface area contributed by atoms with Gasteiger partial charge in [-0.15, -0.1) is 11.3 Å². The van der Waals surface area contributed by atoms with Crippen molar-refractivity contribution in [3.8, 4) is 0 Å². The predicted molar refractivity (Wildman–Crippen MR) is 66.4 cm³/mol. The molecule has 0 saturated carbocycles. The number of rotatable bonds is 3. The first kappa shape index (κ1) is 12.5. The summed E-state index contributed by atoms with van der Waals surface area (Å²) in [5.74, 6) is -1.61. The lowest BCUT2D eigenvalue weighted by atomic mass is 10.1. The van der Waals surface area contributed by atoms with Gasteiger partial charge in [0.25, 0.3) is 5.91 Å². The van der Waals surface area contributed by atoms with Crippen LogP contribution in [0.5, 0.6) is 0 Å². The molecule has 0 aliphatic carbocycles. The van der Waals surface area contributed by atoms with Gasteiger partial charge in [-0.2, -0.15) is 5.12 Å². The van der Waals surface area contributed by atoms with Crippen molar-refractivity contribution >= 4 is 33.3 Å². The third kappa shape index (κ3) is 2.48. The predicted octanol–water partition coefficient (Wildman–Crippen LogP) is 2.48. The lowest BCUT2D eigenvalue weighted by molar-refractivity contribution is -0.142. The van der Waals surface area contributed by atoms with Gasteiger partial charge in [0.2, 0.25) is 0 Å². The third-order valence-corrected chi connectivity index (χ3v) is 3.58. The number of amides is 1. The van der Waals surface area contributed by atoms with Gasteiger partial charge in [-0.1, -0.05) is 16.6 Å². The van der Waals surface area contributed by atoms with E-state index in [0.717, 1.165) is 28.5 Å². The minimum Gasteiger partial charge on any atom is -0.477 e. The van der Waals surface area contributed by atoms with E-state index in [9.17, 15) is 14.1 Å². The molecule has 2 aromatic rings. The number of likely N-dealkylation sites (N-methyl/N-ethyl adjacent to an activating group) is 1. The molecule has 4 nitrogen and oxygen atoms in total. The van der Waals surface area contributed by atoms with Crippen molar-refractivity contribution in [2.45, 2.75) is 6.42 Å². The van der Waals surface area contributed by atoms with E-state index in [1.807, 2.05) is 0 Å². The molecule has 0 aliphatic rings. The Kier molecular flexibility index (Phi) is 3.29. The van der Waals surface area contributed by atoms with Gasteiger partial charge in [-0.3, -0.25) is 4.79 Å². The molecule has 0 aliphatic heterocycles. The fourth-order valence-electron chi connectivity index (χ4n) is 1.57. The zero-order chi connectivity index (χ0) is 13.3. The van der Waals surface area contributed by atoms with Crippen molar-refractivity contribution in [1.82, 2.24) is 5.12 Å². The molecule has 1 N–H and O–H groups in total. The lowest BCUT2D eigenvalue weighted by Crippen LogP contribution is -2.19. The summed E-state index contributed by atoms with van der Waals surface area (Å²) >= 11 is 1.14. The van der Waals surface area contributed by atoms with Crippen LogP contribution in [0.15, 0.2) is 24.3 Å². The fourth-order valence-corrected chi connectivity index (χ4v) is 2.54. The second-order valence-electron chi connectivity index (χ2n) is 3.84. The van der Waals surface area contributed by atoms with Crippen molar-refractivity contribution < 1.29 is 19.2 Å². The molecule has 0 spiro atoms. The molecule has 0 bridgehead atoms. The Morgan fingerprint density at radius 2 is 2.11 bits per heavy atom. The topological polar surface area (TPSA) is 57.6 Å². The van der Waals surface area contributed by atoms with Crippen LogP contribution < -0.4 is 0 Å². The van der Waals surface area contributed by atoms with Gasteiger partial charge in [0.05, 0.1) is 6.42 Å². The van der Waals surface area contributed by atoms with Crippen LogP contribution in [0.4, 0.5) is 4.48 Å². The van der Waals surface area contributed by atoms with E-state index >= 15 is 0 Å². The molecule has 0 unspecified atom stereocenters. The van der Waals surface area contributed by atoms with E-state index in [4.69, 9.17) is 5.11 Å². The van der Waals surface area contributed by atoms with Crippen molar-refractivity contribution in [1.29, 1.82) is 0 Å². The number of carboxylic acids is 1. The highest BCUT2D eigenvalue weighted by Gasteiger charge is 2.11. The van der Waals surface area contributed by atoms with Crippen LogP contribution in [0, 0.1) is 0 Å². The number of halogens is 1. The summed E-state index contributed by atoms with van der Waals surface area (Å²) in [6.45, 7) is 0. The molecule has 0 fully saturated rings. The maximum Gasteiger partial charge on any atom is 0.345 e. The van der Waals surface area contributed by atoms with E-state index in [1.54, 1.807) is 24.3 Å². The number of hydrogen-bond donors (Lipinski definition) is 1. The SMILES string of the molecule is CN(F)C(=O)Cc1ccc2cc(C(=O)O)sc2c1. The first-order valence-electron chi connectivity index (χ1n) is 5.15. The zero-order valence-corrected chi connectivity index (χ0v) is 10.3. The first-order valence-corrected chi connectivity index (χ1v) is 5.97. The van der Waals surface area contributed by atoms with Crippen LogP contribution in [0.1, 0.15) is 15.2 Å². The molecular formula is C12H10FNO3S. The number of aromatic carboxylic acids is 1. The Morgan fingerprint density at radius 3 is 2.72 bits per heavy atom. The van der Waals surface area contributed by atoms with Gasteiger partial charge in [0.15, 0.2) is 0 Å². The Bertz CT molecular complexity index is 621. The minimum absolute atomic E-state index is 0.0384. The molecule has 94 valence electrons. The van der Waals surface area contributed by atoms with E-state index in [-0.39, 0.29) is 16.4 Å². The van der Waals surface area contributed by atoms with Gasteiger partial charge in [-0.05, 0) is 23.1 Å². The second-order valence-corrected chi connectivity index (χ2v) is 4.92. The quantitative estimate of drug-likeness (QED) is 0.869. The number of carboxylic acid groups (broad SMARTS) is 1. The molecule has 0 saturated heterocycles. The molecule has 2 rings (SSSR count). The third-order valence-electron chi connectivity index (χ3n) is 2.49. The lowest BCUT2D eigenvalue weighted by Gasteiger charge is -2.05. The first-order chi connectivity index (χ1) is 8.47. The molecule has 1 heterocycles. The molecule has 0 atom stereocenters. The Labute approximate surface area is 106 Å². The van der Waals surface area contributed by atoms with Gasteiger partial charge < -0.3 is 5.11 Å². The molecule has 18 heavy (non-hydrogen) atoms. The molecule has 1 amide bonds. The van der Waals surface area contributed by atoms with Crippen LogP contribution in [0.2, 0.25) is 0 Å². The number of fused-ring (bicyclic) bond motifs is 1. The summed E-state index contributed by atoms with van der Waals surface area (Å²) < 4.78 is 13.4. The number of nitrogens with zero attached hydrogens (tertiary/aromatic N) is 1. The highest BCUT2D eigenvalue weighted by atomic mass is 32.1. The van der Waals surface area contributed by atoms with E-state index in [2.05, 4.69) is 0 Å². The zero-order valence-electron chi connectivity index (χ0n) is 9.51. The number of carbonyl (C=O) groups excluding carboxylic acids is 1. The summed E-state index contributed by atoms with van der Waals surface area (Å²) in [5.41, 5.74) is 0.663. The summed E-state index contributed by atoms with van der Waals surface area (Å²) in [6.07, 6.45) is -0.0384. The molecule has 1 aromatic heterocycles. The summed E-state index contributed by atoms with van der Waals surface area (Å²) in [4.78, 5) is 22.3. The van der Waals surface area contributed by atoms with Crippen molar-refractivity contribution in [3.05, 3.63) is 34.7 Å². The fraction of sp³-hybridized carbons (Fsp3) is 0.167. The molecule has 0 radical (unpaired) electrons. The van der Waals surface area contributed by atoms with Crippen LogP contribution in [0.25, 0.3) is 10.1 Å². The van der Waals surface area contributed by atoms with Crippen molar-refractivity contribution in [3.63, 3.8) is 0 Å². The van der Waals surface area contributed by atoms with Gasteiger partial charge >= 0.3 is 5.97 Å². The van der Waals surface area contributed by atoms with Crippen molar-refractivity contribution in [2.75, 3.05) is 7.05 Å². The van der Waals surface area contributed by atoms with Gasteiger partial charge in [0.1, 0.15) is 4.88 Å². The van der Waals surface area contributed by atoms with Gasteiger partial charge in [0, 0.05) is 11.7 Å². The second kappa shape index (κ2) is 4.73. The number of hydrogen-bond acceptors (Lipinski definition) is 3. The summed E-state index contributed by atoms with van der Waals surface area (Å²) in [6, 6.07) is 6.73. The summed E-state index contributed by atoms with van der Waals surface area (Å²) in [7, 11) is 1.05. The Morgan fingerprint density at radius 1 is 1.39 bits per heavy atom. The normalized spacial score (nSPS) is 10.6. The Hall–Kier alpha value is -1.95. The Balaban J connectivity index is 2.32. The van der Waals surface area contributed by atoms with E-state index < -0.39 is 11.9 Å².